The Hall–Kier alpha value is -4.73. The van der Waals surface area contributed by atoms with E-state index in [1.54, 1.807) is 53.9 Å². The molecule has 1 saturated carbocycles. The van der Waals surface area contributed by atoms with Crippen LogP contribution in [0.2, 0.25) is 0 Å². The van der Waals surface area contributed by atoms with Gasteiger partial charge in [-0.05, 0) is 118 Å². The molecule has 2 aromatic rings. The van der Waals surface area contributed by atoms with Gasteiger partial charge in [-0.2, -0.15) is 13.2 Å². The molecule has 7 rings (SSSR count). The zero-order valence-corrected chi connectivity index (χ0v) is 42.3. The molecule has 1 aliphatic carbocycles. The number of alkyl halides is 3. The molecule has 0 radical (unpaired) electrons. The Kier molecular flexibility index (Phi) is 15.5. The first-order chi connectivity index (χ1) is 32.8. The highest BCUT2D eigenvalue weighted by atomic mass is 32.2. The molecule has 17 nitrogen and oxygen atoms in total. The number of sulfonamides is 1. The number of hydrogen-bond acceptors (Lipinski definition) is 14. The van der Waals surface area contributed by atoms with Crippen molar-refractivity contribution in [1.29, 1.82) is 0 Å². The van der Waals surface area contributed by atoms with E-state index in [0.29, 0.717) is 76.0 Å². The largest absolute Gasteiger partial charge is 0.494 e. The molecule has 5 heterocycles. The van der Waals surface area contributed by atoms with E-state index in [1.807, 2.05) is 12.2 Å². The van der Waals surface area contributed by atoms with Crippen molar-refractivity contribution in [2.75, 3.05) is 40.0 Å². The number of allylic oxidation sites excluding steroid dienone is 1. The second kappa shape index (κ2) is 20.4. The van der Waals surface area contributed by atoms with Crippen LogP contribution >= 0.6 is 0 Å². The summed E-state index contributed by atoms with van der Waals surface area (Å²) in [6.45, 7) is 12.9. The summed E-state index contributed by atoms with van der Waals surface area (Å²) in [6.07, 6.45) is 4.10. The standard InChI is InChI=1S/C49H69F3N6O11S/c1-30-17-18-32(27-65-8)57(30)23-14-24-66-33-19-20-35-34(25-33)39-40(41(53-35)49(50,51)52)68-48(29-67-39)26-37(31(2)59)58(28-48)42(60)36(54-44(62)69-45(3,4)5)15-12-10-9-11-13-16-38-47(7,55-38)43(61)56-70(63,64)46(6)21-22-46/h13,16,19-20,25,30,32,36-38,55H,9-12,14-15,17-18,21-24,26-29H2,1-8H3,(H,54,62)(H,56,61)/b16-13-/t30?,32?,36-,37?,38-,47-,48+/m0/s1. The van der Waals surface area contributed by atoms with E-state index >= 15 is 0 Å². The summed E-state index contributed by atoms with van der Waals surface area (Å²) >= 11 is 0. The van der Waals surface area contributed by atoms with E-state index in [-0.39, 0.29) is 48.7 Å². The zero-order chi connectivity index (χ0) is 51.0. The number of likely N-dealkylation sites (tertiary alicyclic amines) is 2. The third kappa shape index (κ3) is 12.0. The molecule has 1 aromatic carbocycles. The second-order valence-corrected chi connectivity index (χ2v) is 23.3. The van der Waals surface area contributed by atoms with Crippen LogP contribution in [-0.2, 0) is 40.1 Å². The Morgan fingerprint density at radius 3 is 2.47 bits per heavy atom. The normalized spacial score (nSPS) is 26.6. The lowest BCUT2D eigenvalue weighted by Crippen LogP contribution is -2.53. The molecule has 5 aliphatic rings. The third-order valence-corrected chi connectivity index (χ3v) is 16.4. The molecule has 3 unspecified atom stereocenters. The Labute approximate surface area is 408 Å². The zero-order valence-electron chi connectivity index (χ0n) is 41.5. The second-order valence-electron chi connectivity index (χ2n) is 21.1. The van der Waals surface area contributed by atoms with E-state index in [9.17, 15) is 40.8 Å². The molecule has 0 bridgehead atoms. The van der Waals surface area contributed by atoms with Gasteiger partial charge in [-0.15, -0.1) is 0 Å². The molecule has 3 N–H and O–H groups in total. The van der Waals surface area contributed by atoms with Crippen LogP contribution in [0.15, 0.2) is 30.4 Å². The third-order valence-electron chi connectivity index (χ3n) is 14.2. The number of rotatable bonds is 20. The first-order valence-electron chi connectivity index (χ1n) is 24.3. The average molecular weight is 1010 g/mol. The van der Waals surface area contributed by atoms with Crippen molar-refractivity contribution < 1.29 is 64.5 Å². The number of methoxy groups -OCH3 is 1. The average Bonchev–Trinajstić information content (AvgIpc) is 4.11. The highest BCUT2D eigenvalue weighted by Gasteiger charge is 2.58. The number of fused-ring (bicyclic) bond motifs is 3. The van der Waals surface area contributed by atoms with Crippen molar-refractivity contribution in [3.8, 4) is 17.2 Å². The summed E-state index contributed by atoms with van der Waals surface area (Å²) in [5, 5.41) is 5.96. The lowest BCUT2D eigenvalue weighted by Gasteiger charge is -2.36. The van der Waals surface area contributed by atoms with E-state index in [0.717, 1.165) is 19.4 Å². The number of nitrogens with one attached hydrogen (secondary N) is 3. The molecule has 4 fully saturated rings. The van der Waals surface area contributed by atoms with Gasteiger partial charge < -0.3 is 33.9 Å². The summed E-state index contributed by atoms with van der Waals surface area (Å²) in [6, 6.07) is 2.73. The minimum absolute atomic E-state index is 0.0172. The molecule has 21 heteroatoms. The number of ether oxygens (including phenoxy) is 5. The minimum atomic E-state index is -4.96. The number of nitrogens with zero attached hydrogens (tertiary/aromatic N) is 3. The van der Waals surface area contributed by atoms with Crippen LogP contribution in [0, 0.1) is 0 Å². The van der Waals surface area contributed by atoms with Gasteiger partial charge in [-0.25, -0.2) is 18.2 Å². The van der Waals surface area contributed by atoms with Crippen LogP contribution in [0.4, 0.5) is 18.0 Å². The highest BCUT2D eigenvalue weighted by molar-refractivity contribution is 7.91. The number of ketones is 1. The van der Waals surface area contributed by atoms with Crippen molar-refractivity contribution >= 4 is 44.6 Å². The van der Waals surface area contributed by atoms with Gasteiger partial charge in [0, 0.05) is 37.5 Å². The fourth-order valence-corrected chi connectivity index (χ4v) is 11.0. The van der Waals surface area contributed by atoms with Gasteiger partial charge in [0.25, 0.3) is 5.91 Å². The van der Waals surface area contributed by atoms with Crippen molar-refractivity contribution in [2.45, 2.75) is 177 Å². The van der Waals surface area contributed by atoms with Crippen molar-refractivity contribution in [1.82, 2.24) is 30.1 Å². The van der Waals surface area contributed by atoms with Crippen molar-refractivity contribution in [3.05, 3.63) is 36.0 Å². The first kappa shape index (κ1) is 53.1. The molecule has 1 spiro atoms. The van der Waals surface area contributed by atoms with Crippen molar-refractivity contribution in [2.24, 2.45) is 0 Å². The number of benzene rings is 1. The van der Waals surface area contributed by atoms with Gasteiger partial charge in [0.1, 0.15) is 29.5 Å². The van der Waals surface area contributed by atoms with E-state index < -0.39 is 84.9 Å². The first-order valence-corrected chi connectivity index (χ1v) is 25.8. The number of Topliss-reactive ketones (excluding diaryl/α,β-unsaturated/α-hetero) is 1. The molecule has 388 valence electrons. The van der Waals surface area contributed by atoms with Gasteiger partial charge in [0.2, 0.25) is 15.9 Å². The van der Waals surface area contributed by atoms with Gasteiger partial charge in [-0.3, -0.25) is 29.3 Å². The van der Waals surface area contributed by atoms with Crippen LogP contribution in [0.3, 0.4) is 0 Å². The number of alkyl carbamates (subject to hydrolysis) is 1. The topological polar surface area (TPSA) is 214 Å². The maximum atomic E-state index is 14.8. The van der Waals surface area contributed by atoms with E-state index in [2.05, 4.69) is 32.2 Å². The van der Waals surface area contributed by atoms with E-state index in [1.165, 1.54) is 17.9 Å². The summed E-state index contributed by atoms with van der Waals surface area (Å²) in [5.74, 6) is -2.07. The van der Waals surface area contributed by atoms with Crippen LogP contribution < -0.4 is 29.6 Å². The Balaban J connectivity index is 1.01. The number of hydrogen-bond donors (Lipinski definition) is 3. The Morgan fingerprint density at radius 2 is 1.80 bits per heavy atom. The van der Waals surface area contributed by atoms with Crippen LogP contribution in [-0.4, -0.2) is 139 Å². The monoisotopic (exact) mass is 1010 g/mol. The van der Waals surface area contributed by atoms with Crippen LogP contribution in [0.25, 0.3) is 10.9 Å². The van der Waals surface area contributed by atoms with E-state index in [4.69, 9.17) is 23.7 Å². The smallest absolute Gasteiger partial charge is 0.437 e. The molecule has 3 saturated heterocycles. The maximum absolute atomic E-state index is 14.8. The number of halogens is 3. The predicted octanol–water partition coefficient (Wildman–Crippen LogP) is 6.35. The Morgan fingerprint density at radius 1 is 1.06 bits per heavy atom. The number of aromatic nitrogens is 1. The van der Waals surface area contributed by atoms with Gasteiger partial charge in [0.15, 0.2) is 28.6 Å². The van der Waals surface area contributed by atoms with Gasteiger partial charge >= 0.3 is 12.3 Å². The molecular formula is C49H69F3N6O11S. The molecular weight excluding hydrogens is 938 g/mol. The van der Waals surface area contributed by atoms with Crippen LogP contribution in [0.1, 0.15) is 125 Å². The van der Waals surface area contributed by atoms with Crippen molar-refractivity contribution in [3.63, 3.8) is 0 Å². The highest BCUT2D eigenvalue weighted by Crippen LogP contribution is 2.50. The lowest BCUT2D eigenvalue weighted by atomic mass is 9.97. The number of unbranched alkanes of at least 4 members (excludes halogenated alkanes) is 3. The summed E-state index contributed by atoms with van der Waals surface area (Å²) in [5.41, 5.74) is -4.81. The molecule has 7 atom stereocenters. The molecule has 70 heavy (non-hydrogen) atoms. The summed E-state index contributed by atoms with van der Waals surface area (Å²) in [7, 11) is -2.08. The number of pyridine rings is 1. The molecule has 3 amide bonds. The maximum Gasteiger partial charge on any atom is 0.437 e. The van der Waals surface area contributed by atoms with Gasteiger partial charge in [-0.1, -0.05) is 25.0 Å². The number of carbonyl (C=O) groups is 4. The van der Waals surface area contributed by atoms with Gasteiger partial charge in [0.05, 0.1) is 42.1 Å². The number of carbonyl (C=O) groups excluding carboxylic acids is 4. The fourth-order valence-electron chi connectivity index (χ4n) is 9.67. The summed E-state index contributed by atoms with van der Waals surface area (Å²) < 4.78 is 100. The Bertz CT molecular complexity index is 2440. The molecule has 4 aliphatic heterocycles. The quantitative estimate of drug-likeness (QED) is 0.0750. The predicted molar refractivity (Wildman–Crippen MR) is 253 cm³/mol. The fraction of sp³-hybridized carbons (Fsp3) is 0.694. The summed E-state index contributed by atoms with van der Waals surface area (Å²) in [4.78, 5) is 61.4. The SMILES string of the molecule is COCC1CCC(C)N1CCCOc1ccc2nc(C(F)(F)F)c3c(c2c1)OC[C@]1(CC(C(C)=O)N(C(=O)[C@H](CCCCC/C=C\[C@@H]2N[C@]2(C)C(=O)NS(=O)(=O)C2(C)CC2)NC(=O)OC(C)(C)C)C1)O3. The number of amides is 3. The minimum Gasteiger partial charge on any atom is -0.494 e. The molecule has 1 aromatic heterocycles. The van der Waals surface area contributed by atoms with Crippen LogP contribution in [0.5, 0.6) is 17.2 Å². The lowest BCUT2D eigenvalue weighted by molar-refractivity contribution is -0.145.